The summed E-state index contributed by atoms with van der Waals surface area (Å²) in [5.41, 5.74) is 5.41. The van der Waals surface area contributed by atoms with Crippen LogP contribution in [0.25, 0.3) is 0 Å². The number of nitrogens with zero attached hydrogens (tertiary/aromatic N) is 1. The highest BCUT2D eigenvalue weighted by Crippen LogP contribution is 2.49. The third kappa shape index (κ3) is 6.11. The average molecular weight is 566 g/mol. The van der Waals surface area contributed by atoms with Gasteiger partial charge in [0, 0.05) is 24.9 Å². The van der Waals surface area contributed by atoms with E-state index in [9.17, 15) is 45.9 Å². The molecule has 2 bridgehead atoms. The molecule has 5 aliphatic rings. The van der Waals surface area contributed by atoms with E-state index in [1.807, 2.05) is 0 Å². The van der Waals surface area contributed by atoms with Gasteiger partial charge in [0.1, 0.15) is 18.1 Å². The number of nitrogens with one attached hydrogen (secondary N) is 3. The molecule has 5 N–H and O–H groups in total. The number of carbonyl (C=O) groups excluding carboxylic acids is 5. The van der Waals surface area contributed by atoms with Crippen molar-refractivity contribution in [3.05, 3.63) is 0 Å². The van der Waals surface area contributed by atoms with Crippen molar-refractivity contribution >= 4 is 29.5 Å². The standard InChI is InChI=1S/C24H32F5N5O5/c25-23(26)10-13-4-5-14(23)17(20(37)32-15(18(30)35)9-12-6-7-31-19(12)36)34(13)21(38)16(8-11-2-1-3-11)33-22(39)24(27,28)29/h11-17H,1-10H2,(H2,30,35)(H,31,36)(H,32,37)(H,33,39)/t12-,13-,14-,15-,16-,17+/m0/s1. The Morgan fingerprint density at radius 1 is 1.03 bits per heavy atom. The van der Waals surface area contributed by atoms with Gasteiger partial charge in [-0.1, -0.05) is 19.3 Å². The number of primary amides is 1. The molecule has 10 nitrogen and oxygen atoms in total. The molecule has 218 valence electrons. The molecule has 5 rings (SSSR count). The fourth-order valence-electron chi connectivity index (χ4n) is 6.19. The van der Waals surface area contributed by atoms with Gasteiger partial charge in [-0.05, 0) is 38.0 Å². The molecule has 2 saturated carbocycles. The van der Waals surface area contributed by atoms with Crippen LogP contribution in [0.3, 0.4) is 0 Å². The Hall–Kier alpha value is -3.00. The van der Waals surface area contributed by atoms with Gasteiger partial charge >= 0.3 is 12.1 Å². The van der Waals surface area contributed by atoms with Crippen LogP contribution in [0.1, 0.15) is 57.8 Å². The lowest BCUT2D eigenvalue weighted by Gasteiger charge is -2.54. The van der Waals surface area contributed by atoms with Crippen LogP contribution in [0, 0.1) is 17.8 Å². The normalized spacial score (nSPS) is 29.7. The molecule has 0 aromatic rings. The molecule has 3 heterocycles. The van der Waals surface area contributed by atoms with Crippen molar-refractivity contribution in [2.24, 2.45) is 23.5 Å². The van der Waals surface area contributed by atoms with E-state index in [2.05, 4.69) is 10.6 Å². The third-order valence-electron chi connectivity index (χ3n) is 8.46. The fraction of sp³-hybridized carbons (Fsp3) is 0.792. The molecule has 2 aliphatic carbocycles. The second-order valence-electron chi connectivity index (χ2n) is 11.0. The van der Waals surface area contributed by atoms with Gasteiger partial charge in [-0.3, -0.25) is 24.0 Å². The van der Waals surface area contributed by atoms with Crippen LogP contribution in [-0.2, 0) is 24.0 Å². The topological polar surface area (TPSA) is 151 Å². The van der Waals surface area contributed by atoms with Crippen LogP contribution in [-0.4, -0.2) is 77.2 Å². The summed E-state index contributed by atoms with van der Waals surface area (Å²) in [7, 11) is 0. The van der Waals surface area contributed by atoms with Crippen molar-refractivity contribution in [3.8, 4) is 0 Å². The minimum atomic E-state index is -5.27. The molecule has 39 heavy (non-hydrogen) atoms. The predicted octanol–water partition coefficient (Wildman–Crippen LogP) is 0.735. The Kier molecular flexibility index (Phi) is 8.08. The first-order valence-electron chi connectivity index (χ1n) is 13.1. The molecule has 0 aromatic carbocycles. The molecule has 5 amide bonds. The third-order valence-corrected chi connectivity index (χ3v) is 8.46. The van der Waals surface area contributed by atoms with Crippen LogP contribution < -0.4 is 21.7 Å². The fourth-order valence-corrected chi connectivity index (χ4v) is 6.19. The number of halogens is 5. The summed E-state index contributed by atoms with van der Waals surface area (Å²) < 4.78 is 69.1. The first-order chi connectivity index (χ1) is 18.2. The quantitative estimate of drug-likeness (QED) is 0.304. The number of piperidine rings is 2. The molecule has 0 radical (unpaired) electrons. The van der Waals surface area contributed by atoms with Gasteiger partial charge in [0.05, 0.1) is 5.92 Å². The smallest absolute Gasteiger partial charge is 0.368 e. The van der Waals surface area contributed by atoms with E-state index < -0.39 is 78.2 Å². The molecule has 5 fully saturated rings. The number of hydrogen-bond acceptors (Lipinski definition) is 5. The molecule has 15 heteroatoms. The van der Waals surface area contributed by atoms with E-state index >= 15 is 0 Å². The van der Waals surface area contributed by atoms with E-state index in [1.165, 1.54) is 0 Å². The molecule has 0 unspecified atom stereocenters. The lowest BCUT2D eigenvalue weighted by atomic mass is 9.71. The maximum absolute atomic E-state index is 15.0. The van der Waals surface area contributed by atoms with Crippen molar-refractivity contribution in [3.63, 3.8) is 0 Å². The van der Waals surface area contributed by atoms with Crippen molar-refractivity contribution in [2.75, 3.05) is 6.54 Å². The summed E-state index contributed by atoms with van der Waals surface area (Å²) in [5, 5.41) is 6.61. The van der Waals surface area contributed by atoms with E-state index in [-0.39, 0.29) is 37.5 Å². The first-order valence-corrected chi connectivity index (χ1v) is 13.1. The number of rotatable bonds is 9. The second-order valence-corrected chi connectivity index (χ2v) is 11.0. The molecule has 0 aromatic heterocycles. The van der Waals surface area contributed by atoms with E-state index in [0.29, 0.717) is 25.8 Å². The molecule has 6 atom stereocenters. The zero-order valence-electron chi connectivity index (χ0n) is 21.1. The SMILES string of the molecule is NC(=O)[C@H](C[C@@H]1CCNC1=O)NC(=O)[C@H]1[C@@H]2CC[C@@H](CC2(F)F)N1C(=O)[C@H](CC1CCC1)NC(=O)C(F)(F)F. The van der Waals surface area contributed by atoms with E-state index in [0.717, 1.165) is 11.3 Å². The van der Waals surface area contributed by atoms with Crippen LogP contribution in [0.15, 0.2) is 0 Å². The Balaban J connectivity index is 1.59. The van der Waals surface area contributed by atoms with Gasteiger partial charge in [0.2, 0.25) is 23.6 Å². The average Bonchev–Trinajstić information content (AvgIpc) is 3.22. The zero-order valence-corrected chi connectivity index (χ0v) is 21.1. The van der Waals surface area contributed by atoms with E-state index in [4.69, 9.17) is 5.73 Å². The summed E-state index contributed by atoms with van der Waals surface area (Å²) in [6, 6.07) is -6.02. The lowest BCUT2D eigenvalue weighted by molar-refractivity contribution is -0.196. The van der Waals surface area contributed by atoms with Gasteiger partial charge in [-0.15, -0.1) is 0 Å². The van der Waals surface area contributed by atoms with Gasteiger partial charge in [0.25, 0.3) is 5.92 Å². The number of alkyl halides is 5. The number of amides is 5. The monoisotopic (exact) mass is 565 g/mol. The van der Waals surface area contributed by atoms with Gasteiger partial charge in [-0.25, -0.2) is 8.78 Å². The molecule has 3 aliphatic heterocycles. The van der Waals surface area contributed by atoms with Gasteiger partial charge < -0.3 is 26.6 Å². The highest BCUT2D eigenvalue weighted by atomic mass is 19.4. The van der Waals surface area contributed by atoms with E-state index in [1.54, 1.807) is 5.32 Å². The summed E-state index contributed by atoms with van der Waals surface area (Å²) in [5.74, 6) is -11.6. The van der Waals surface area contributed by atoms with Crippen LogP contribution >= 0.6 is 0 Å². The lowest BCUT2D eigenvalue weighted by Crippen LogP contribution is -2.71. The van der Waals surface area contributed by atoms with Crippen LogP contribution in [0.2, 0.25) is 0 Å². The number of fused-ring (bicyclic) bond motifs is 3. The predicted molar refractivity (Wildman–Crippen MR) is 124 cm³/mol. The summed E-state index contributed by atoms with van der Waals surface area (Å²) in [6.45, 7) is 0.357. The maximum Gasteiger partial charge on any atom is 0.471 e. The largest absolute Gasteiger partial charge is 0.471 e. The minimum absolute atomic E-state index is 0.0979. The molecule has 3 saturated heterocycles. The zero-order chi connectivity index (χ0) is 28.7. The number of carbonyl (C=O) groups is 5. The Morgan fingerprint density at radius 3 is 2.23 bits per heavy atom. The van der Waals surface area contributed by atoms with Crippen molar-refractivity contribution < 1.29 is 45.9 Å². The maximum atomic E-state index is 15.0. The first kappa shape index (κ1) is 29.0. The van der Waals surface area contributed by atoms with Gasteiger partial charge in [0.15, 0.2) is 0 Å². The summed E-state index contributed by atoms with van der Waals surface area (Å²) in [4.78, 5) is 63.8. The van der Waals surface area contributed by atoms with Crippen LogP contribution in [0.4, 0.5) is 22.0 Å². The second kappa shape index (κ2) is 10.9. The molecular formula is C24H32F5N5O5. The highest BCUT2D eigenvalue weighted by molar-refractivity contribution is 5.95. The van der Waals surface area contributed by atoms with Crippen molar-refractivity contribution in [1.29, 1.82) is 0 Å². The number of nitrogens with two attached hydrogens (primary N) is 1. The Morgan fingerprint density at radius 2 is 1.72 bits per heavy atom. The van der Waals surface area contributed by atoms with Gasteiger partial charge in [-0.2, -0.15) is 13.2 Å². The highest BCUT2D eigenvalue weighted by Gasteiger charge is 2.61. The molecule has 0 spiro atoms. The van der Waals surface area contributed by atoms with Crippen LogP contribution in [0.5, 0.6) is 0 Å². The number of hydrogen-bond donors (Lipinski definition) is 4. The summed E-state index contributed by atoms with van der Waals surface area (Å²) in [6.07, 6.45) is -3.95. The minimum Gasteiger partial charge on any atom is -0.368 e. The van der Waals surface area contributed by atoms with Crippen molar-refractivity contribution in [1.82, 2.24) is 20.9 Å². The van der Waals surface area contributed by atoms with Crippen molar-refractivity contribution in [2.45, 2.75) is 94.1 Å². The Bertz CT molecular complexity index is 1020. The molecular weight excluding hydrogens is 533 g/mol. The Labute approximate surface area is 220 Å². The summed E-state index contributed by atoms with van der Waals surface area (Å²) >= 11 is 0.